The molecule has 0 bridgehead atoms. The maximum absolute atomic E-state index is 12.8. The largest absolute Gasteiger partial charge is 0.507 e. The van der Waals surface area contributed by atoms with E-state index in [9.17, 15) is 28.2 Å². The van der Waals surface area contributed by atoms with Crippen molar-refractivity contribution in [1.29, 1.82) is 5.41 Å². The molecule has 0 saturated heterocycles. The highest BCUT2D eigenvalue weighted by Crippen LogP contribution is 2.32. The Labute approximate surface area is 189 Å². The second kappa shape index (κ2) is 10.4. The van der Waals surface area contributed by atoms with Crippen LogP contribution in [0.5, 0.6) is 5.75 Å². The van der Waals surface area contributed by atoms with Crippen LogP contribution < -0.4 is 11.1 Å². The number of aromatic hydroxyl groups is 1. The zero-order chi connectivity index (χ0) is 24.8. The number of carbonyl (C=O) groups excluding carboxylic acids is 1. The minimum atomic E-state index is -3.67. The number of nitrogen functional groups attached to an aromatic ring is 1. The molecular formula is C22H21N3O7S. The van der Waals surface area contributed by atoms with Gasteiger partial charge in [0.1, 0.15) is 17.1 Å². The van der Waals surface area contributed by atoms with Crippen LogP contribution in [0.3, 0.4) is 0 Å². The van der Waals surface area contributed by atoms with Crippen LogP contribution in [-0.2, 0) is 10.1 Å². The van der Waals surface area contributed by atoms with E-state index in [4.69, 9.17) is 15.7 Å². The number of carbonyl (C=O) groups is 2. The zero-order valence-electron chi connectivity index (χ0n) is 17.3. The number of phenols is 1. The standard InChI is InChI=1S/C21H17N3O4.CH4O3S/c22-19(23)12-8-10-13(11-9-12)24-20(26)16-5-2-1-4-14(16)15-6-3-7-17(25)18(15)21(27)28;1-5(2,3)4/h1-11,25H,(H3,22,23)(H,24,26)(H,27,28);1H3,(H,2,3,4). The van der Waals surface area contributed by atoms with Crippen LogP contribution in [0.4, 0.5) is 5.69 Å². The van der Waals surface area contributed by atoms with E-state index in [0.717, 1.165) is 0 Å². The quantitative estimate of drug-likeness (QED) is 0.186. The Balaban J connectivity index is 0.000000696. The van der Waals surface area contributed by atoms with Crippen LogP contribution in [0, 0.1) is 5.41 Å². The second-order valence-electron chi connectivity index (χ2n) is 6.73. The number of benzene rings is 3. The molecule has 3 aromatic carbocycles. The van der Waals surface area contributed by atoms with Crippen LogP contribution >= 0.6 is 0 Å². The Bertz CT molecular complexity index is 1300. The number of amidine groups is 1. The molecule has 172 valence electrons. The first-order valence-electron chi connectivity index (χ1n) is 9.21. The highest BCUT2D eigenvalue weighted by Gasteiger charge is 2.20. The Kier molecular flexibility index (Phi) is 7.89. The molecule has 0 saturated carbocycles. The van der Waals surface area contributed by atoms with Gasteiger partial charge in [0.2, 0.25) is 0 Å². The lowest BCUT2D eigenvalue weighted by atomic mass is 9.94. The van der Waals surface area contributed by atoms with E-state index in [1.165, 1.54) is 18.2 Å². The number of hydrogen-bond acceptors (Lipinski definition) is 6. The van der Waals surface area contributed by atoms with E-state index < -0.39 is 22.0 Å². The maximum atomic E-state index is 12.8. The molecule has 11 heteroatoms. The fraction of sp³-hybridized carbons (Fsp3) is 0.0455. The SMILES string of the molecule is CS(=O)(=O)O.N=C(N)c1ccc(NC(=O)c2ccccc2-c2cccc(O)c2C(=O)O)cc1. The third-order valence-corrected chi connectivity index (χ3v) is 4.17. The van der Waals surface area contributed by atoms with Crippen LogP contribution in [0.25, 0.3) is 11.1 Å². The molecule has 0 aliphatic carbocycles. The molecule has 0 radical (unpaired) electrons. The van der Waals surface area contributed by atoms with Gasteiger partial charge in [0, 0.05) is 22.4 Å². The second-order valence-corrected chi connectivity index (χ2v) is 8.19. The van der Waals surface area contributed by atoms with Crippen molar-refractivity contribution >= 4 is 33.5 Å². The van der Waals surface area contributed by atoms with Crippen molar-refractivity contribution in [2.75, 3.05) is 11.6 Å². The van der Waals surface area contributed by atoms with Gasteiger partial charge in [-0.1, -0.05) is 30.3 Å². The molecule has 3 rings (SSSR count). The van der Waals surface area contributed by atoms with Gasteiger partial charge in [-0.25, -0.2) is 4.79 Å². The van der Waals surface area contributed by atoms with Gasteiger partial charge in [-0.2, -0.15) is 8.42 Å². The van der Waals surface area contributed by atoms with E-state index in [2.05, 4.69) is 5.32 Å². The molecular weight excluding hydrogens is 450 g/mol. The van der Waals surface area contributed by atoms with Gasteiger partial charge in [0.15, 0.2) is 0 Å². The van der Waals surface area contributed by atoms with Gasteiger partial charge in [-0.15, -0.1) is 0 Å². The molecule has 10 nitrogen and oxygen atoms in total. The maximum Gasteiger partial charge on any atom is 0.340 e. The number of nitrogens with one attached hydrogen (secondary N) is 2. The number of amides is 1. The third-order valence-electron chi connectivity index (χ3n) is 4.17. The monoisotopic (exact) mass is 471 g/mol. The molecule has 0 aliphatic heterocycles. The third kappa shape index (κ3) is 7.16. The lowest BCUT2D eigenvalue weighted by Gasteiger charge is -2.13. The van der Waals surface area contributed by atoms with Crippen LogP contribution in [-0.4, -0.2) is 47.2 Å². The fourth-order valence-electron chi connectivity index (χ4n) is 2.84. The molecule has 3 aromatic rings. The van der Waals surface area contributed by atoms with E-state index in [1.54, 1.807) is 48.5 Å². The van der Waals surface area contributed by atoms with Crippen LogP contribution in [0.15, 0.2) is 66.7 Å². The summed E-state index contributed by atoms with van der Waals surface area (Å²) in [5, 5.41) is 29.5. The number of aromatic carboxylic acids is 1. The van der Waals surface area contributed by atoms with E-state index >= 15 is 0 Å². The van der Waals surface area contributed by atoms with Crippen molar-refractivity contribution in [3.05, 3.63) is 83.4 Å². The van der Waals surface area contributed by atoms with Crippen molar-refractivity contribution in [2.24, 2.45) is 5.73 Å². The van der Waals surface area contributed by atoms with Gasteiger partial charge in [-0.3, -0.25) is 14.8 Å². The number of nitrogens with two attached hydrogens (primary N) is 1. The van der Waals surface area contributed by atoms with Gasteiger partial charge < -0.3 is 21.3 Å². The van der Waals surface area contributed by atoms with Gasteiger partial charge >= 0.3 is 5.97 Å². The van der Waals surface area contributed by atoms with Crippen molar-refractivity contribution in [3.8, 4) is 16.9 Å². The summed E-state index contributed by atoms with van der Waals surface area (Å²) in [5.74, 6) is -2.18. The summed E-state index contributed by atoms with van der Waals surface area (Å²) in [6, 6.07) is 17.4. The number of carboxylic acids is 1. The molecule has 0 unspecified atom stereocenters. The van der Waals surface area contributed by atoms with Crippen molar-refractivity contribution < 1.29 is 32.8 Å². The molecule has 1 amide bonds. The van der Waals surface area contributed by atoms with Gasteiger partial charge in [-0.05, 0) is 42.0 Å². The van der Waals surface area contributed by atoms with Gasteiger partial charge in [0.25, 0.3) is 16.0 Å². The predicted octanol–water partition coefficient (Wildman–Crippen LogP) is 2.80. The zero-order valence-corrected chi connectivity index (χ0v) is 18.1. The average Bonchev–Trinajstić information content (AvgIpc) is 2.72. The number of hydrogen-bond donors (Lipinski definition) is 6. The molecule has 7 N–H and O–H groups in total. The molecule has 0 spiro atoms. The highest BCUT2D eigenvalue weighted by molar-refractivity contribution is 7.85. The number of carboxylic acid groups (broad SMARTS) is 1. The first kappa shape index (κ1) is 25.0. The van der Waals surface area contributed by atoms with Crippen molar-refractivity contribution in [2.45, 2.75) is 0 Å². The van der Waals surface area contributed by atoms with Gasteiger partial charge in [0.05, 0.1) is 6.26 Å². The van der Waals surface area contributed by atoms with E-state index in [1.807, 2.05) is 0 Å². The first-order valence-corrected chi connectivity index (χ1v) is 11.1. The molecule has 0 heterocycles. The lowest BCUT2D eigenvalue weighted by molar-refractivity contribution is 0.0694. The van der Waals surface area contributed by atoms with E-state index in [0.29, 0.717) is 23.1 Å². The summed E-state index contributed by atoms with van der Waals surface area (Å²) in [4.78, 5) is 24.4. The van der Waals surface area contributed by atoms with Crippen molar-refractivity contribution in [3.63, 3.8) is 0 Å². The average molecular weight is 471 g/mol. The minimum absolute atomic E-state index is 0.0756. The molecule has 33 heavy (non-hydrogen) atoms. The smallest absolute Gasteiger partial charge is 0.340 e. The Hall–Kier alpha value is -4.22. The minimum Gasteiger partial charge on any atom is -0.507 e. The highest BCUT2D eigenvalue weighted by atomic mass is 32.2. The Morgan fingerprint density at radius 1 is 0.939 bits per heavy atom. The Morgan fingerprint density at radius 2 is 1.48 bits per heavy atom. The van der Waals surface area contributed by atoms with E-state index in [-0.39, 0.29) is 28.3 Å². The summed E-state index contributed by atoms with van der Waals surface area (Å²) in [6.45, 7) is 0. The Morgan fingerprint density at radius 3 is 2.03 bits per heavy atom. The topological polar surface area (TPSA) is 191 Å². The number of anilines is 1. The summed E-state index contributed by atoms with van der Waals surface area (Å²) in [7, 11) is -3.67. The lowest BCUT2D eigenvalue weighted by Crippen LogP contribution is -2.14. The number of rotatable bonds is 5. The fourth-order valence-corrected chi connectivity index (χ4v) is 2.84. The molecule has 0 atom stereocenters. The molecule has 0 aliphatic rings. The summed E-state index contributed by atoms with van der Waals surface area (Å²) in [6.07, 6.45) is 0.715. The normalized spacial score (nSPS) is 10.5. The molecule has 0 aromatic heterocycles. The van der Waals surface area contributed by atoms with Crippen LogP contribution in [0.2, 0.25) is 0 Å². The first-order chi connectivity index (χ1) is 15.4. The predicted molar refractivity (Wildman–Crippen MR) is 123 cm³/mol. The van der Waals surface area contributed by atoms with Crippen molar-refractivity contribution in [1.82, 2.24) is 0 Å². The summed E-state index contributed by atoms with van der Waals surface area (Å²) in [5.41, 5.74) is 7.06. The van der Waals surface area contributed by atoms with Crippen LogP contribution in [0.1, 0.15) is 26.3 Å². The summed E-state index contributed by atoms with van der Waals surface area (Å²) < 4.78 is 25.9. The molecule has 0 fully saturated rings. The summed E-state index contributed by atoms with van der Waals surface area (Å²) >= 11 is 0.